The largest absolute Gasteiger partial charge is 0.352 e. The molecule has 0 heterocycles. The van der Waals surface area contributed by atoms with E-state index < -0.39 is 0 Å². The lowest BCUT2D eigenvalue weighted by molar-refractivity contribution is -0.121. The van der Waals surface area contributed by atoms with Crippen molar-refractivity contribution in [2.75, 3.05) is 6.54 Å². The highest BCUT2D eigenvalue weighted by Crippen LogP contribution is 2.29. The van der Waals surface area contributed by atoms with Crippen molar-refractivity contribution in [3.8, 4) is 0 Å². The van der Waals surface area contributed by atoms with Gasteiger partial charge < -0.3 is 10.6 Å². The Morgan fingerprint density at radius 1 is 1.04 bits per heavy atom. The Bertz CT molecular complexity index is 810. The van der Waals surface area contributed by atoms with Crippen LogP contribution in [-0.2, 0) is 4.79 Å². The molecule has 1 atom stereocenters. The Balaban J connectivity index is 1.93. The highest BCUT2D eigenvalue weighted by molar-refractivity contribution is 5.95. The van der Waals surface area contributed by atoms with Crippen LogP contribution in [0.2, 0.25) is 0 Å². The van der Waals surface area contributed by atoms with Gasteiger partial charge in [-0.3, -0.25) is 9.59 Å². The van der Waals surface area contributed by atoms with E-state index >= 15 is 0 Å². The predicted octanol–water partition coefficient (Wildman–Crippen LogP) is 4.55. The molecule has 2 aromatic carbocycles. The molecule has 0 aliphatic heterocycles. The van der Waals surface area contributed by atoms with Gasteiger partial charge in [-0.1, -0.05) is 51.1 Å². The van der Waals surface area contributed by atoms with Crippen molar-refractivity contribution in [2.24, 2.45) is 5.41 Å². The molecule has 0 spiro atoms. The second-order valence-electron chi connectivity index (χ2n) is 8.26. The molecule has 1 unspecified atom stereocenters. The second-order valence-corrected chi connectivity index (χ2v) is 8.26. The Morgan fingerprint density at radius 2 is 1.68 bits per heavy atom. The molecule has 2 amide bonds. The van der Waals surface area contributed by atoms with Crippen LogP contribution in [0.1, 0.15) is 61.1 Å². The van der Waals surface area contributed by atoms with Crippen molar-refractivity contribution in [2.45, 2.75) is 46.6 Å². The molecular weight excluding hydrogens is 355 g/mol. The van der Waals surface area contributed by atoms with Crippen LogP contribution in [0.5, 0.6) is 0 Å². The second kappa shape index (κ2) is 9.49. The summed E-state index contributed by atoms with van der Waals surface area (Å²) in [6, 6.07) is 13.3. The van der Waals surface area contributed by atoms with Gasteiger partial charge in [0.2, 0.25) is 5.91 Å². The monoisotopic (exact) mass is 384 g/mol. The van der Waals surface area contributed by atoms with Gasteiger partial charge >= 0.3 is 0 Å². The Labute approximate surface area is 166 Å². The number of nitrogens with one attached hydrogen (secondary N) is 2. The van der Waals surface area contributed by atoms with E-state index in [9.17, 15) is 14.0 Å². The zero-order valence-corrected chi connectivity index (χ0v) is 17.0. The summed E-state index contributed by atoms with van der Waals surface area (Å²) in [7, 11) is 0. The molecule has 0 radical (unpaired) electrons. The Kier molecular flexibility index (Phi) is 7.32. The van der Waals surface area contributed by atoms with Crippen molar-refractivity contribution in [1.29, 1.82) is 0 Å². The van der Waals surface area contributed by atoms with Crippen LogP contribution in [0, 0.1) is 18.2 Å². The summed E-state index contributed by atoms with van der Waals surface area (Å²) in [4.78, 5) is 24.7. The van der Waals surface area contributed by atoms with Gasteiger partial charge in [0.25, 0.3) is 5.91 Å². The van der Waals surface area contributed by atoms with Gasteiger partial charge in [0.1, 0.15) is 5.82 Å². The summed E-state index contributed by atoms with van der Waals surface area (Å²) < 4.78 is 13.2. The number of aryl methyl sites for hydroxylation is 1. The average molecular weight is 384 g/mol. The first-order chi connectivity index (χ1) is 13.2. The molecule has 2 N–H and O–H groups in total. The number of carbonyl (C=O) groups excluding carboxylic acids is 2. The summed E-state index contributed by atoms with van der Waals surface area (Å²) in [6.07, 6.45) is 0.902. The molecule has 0 aromatic heterocycles. The van der Waals surface area contributed by atoms with Crippen molar-refractivity contribution in [1.82, 2.24) is 10.6 Å². The molecular formula is C23H29FN2O2. The van der Waals surface area contributed by atoms with Crippen molar-refractivity contribution >= 4 is 11.8 Å². The SMILES string of the molecule is Cc1ccccc1C(=O)NCCC(=O)NC(CC(C)(C)C)c1ccc(F)cc1. The third-order valence-corrected chi connectivity index (χ3v) is 4.45. The normalized spacial score (nSPS) is 12.3. The smallest absolute Gasteiger partial charge is 0.251 e. The third-order valence-electron chi connectivity index (χ3n) is 4.45. The Morgan fingerprint density at radius 3 is 2.29 bits per heavy atom. The van der Waals surface area contributed by atoms with E-state index in [4.69, 9.17) is 0 Å². The Hall–Kier alpha value is -2.69. The van der Waals surface area contributed by atoms with Crippen molar-refractivity contribution in [3.05, 3.63) is 71.0 Å². The average Bonchev–Trinajstić information content (AvgIpc) is 2.61. The fourth-order valence-electron chi connectivity index (χ4n) is 3.04. The highest BCUT2D eigenvalue weighted by atomic mass is 19.1. The van der Waals surface area contributed by atoms with E-state index in [1.165, 1.54) is 12.1 Å². The predicted molar refractivity (Wildman–Crippen MR) is 109 cm³/mol. The molecule has 0 saturated heterocycles. The first-order valence-electron chi connectivity index (χ1n) is 9.54. The molecule has 2 aromatic rings. The molecule has 0 fully saturated rings. The van der Waals surface area contributed by atoms with Gasteiger partial charge in [-0.05, 0) is 48.1 Å². The highest BCUT2D eigenvalue weighted by Gasteiger charge is 2.22. The lowest BCUT2D eigenvalue weighted by Gasteiger charge is -2.27. The van der Waals surface area contributed by atoms with Crippen LogP contribution in [0.25, 0.3) is 0 Å². The van der Waals surface area contributed by atoms with Crippen molar-refractivity contribution in [3.63, 3.8) is 0 Å². The summed E-state index contributed by atoms with van der Waals surface area (Å²) in [6.45, 7) is 8.42. The number of rotatable bonds is 7. The number of amides is 2. The molecule has 0 saturated carbocycles. The van der Waals surface area contributed by atoms with Crippen LogP contribution < -0.4 is 10.6 Å². The number of benzene rings is 2. The summed E-state index contributed by atoms with van der Waals surface area (Å²) in [5, 5.41) is 5.81. The third kappa shape index (κ3) is 6.80. The minimum Gasteiger partial charge on any atom is -0.352 e. The van der Waals surface area contributed by atoms with Gasteiger partial charge in [-0.15, -0.1) is 0 Å². The molecule has 0 aliphatic rings. The standard InChI is InChI=1S/C23H29FN2O2/c1-16-7-5-6-8-19(16)22(28)25-14-13-21(27)26-20(15-23(2,3)4)17-9-11-18(24)12-10-17/h5-12,20H,13-15H2,1-4H3,(H,25,28)(H,26,27). The lowest BCUT2D eigenvalue weighted by atomic mass is 9.85. The van der Waals surface area contributed by atoms with Crippen LogP contribution >= 0.6 is 0 Å². The van der Waals surface area contributed by atoms with Gasteiger partial charge in [0, 0.05) is 18.5 Å². The number of hydrogen-bond donors (Lipinski definition) is 2. The molecule has 28 heavy (non-hydrogen) atoms. The van der Waals surface area contributed by atoms with Gasteiger partial charge in [-0.2, -0.15) is 0 Å². The fourth-order valence-corrected chi connectivity index (χ4v) is 3.04. The lowest BCUT2D eigenvalue weighted by Crippen LogP contribution is -2.34. The molecule has 5 heteroatoms. The van der Waals surface area contributed by atoms with E-state index in [2.05, 4.69) is 31.4 Å². The van der Waals surface area contributed by atoms with Gasteiger partial charge in [0.15, 0.2) is 0 Å². The van der Waals surface area contributed by atoms with E-state index in [0.29, 0.717) is 5.56 Å². The molecule has 2 rings (SSSR count). The number of carbonyl (C=O) groups is 2. The van der Waals surface area contributed by atoms with Crippen LogP contribution in [0.4, 0.5) is 4.39 Å². The summed E-state index contributed by atoms with van der Waals surface area (Å²) >= 11 is 0. The topological polar surface area (TPSA) is 58.2 Å². The number of hydrogen-bond acceptors (Lipinski definition) is 2. The maximum atomic E-state index is 13.2. The van der Waals surface area contributed by atoms with E-state index in [-0.39, 0.29) is 42.1 Å². The summed E-state index contributed by atoms with van der Waals surface area (Å²) in [5.41, 5.74) is 2.37. The van der Waals surface area contributed by atoms with Gasteiger partial charge in [0.05, 0.1) is 6.04 Å². The molecule has 0 aliphatic carbocycles. The first-order valence-corrected chi connectivity index (χ1v) is 9.54. The zero-order chi connectivity index (χ0) is 20.7. The number of halogens is 1. The molecule has 150 valence electrons. The van der Waals surface area contributed by atoms with Crippen LogP contribution in [0.3, 0.4) is 0 Å². The quantitative estimate of drug-likeness (QED) is 0.736. The fraction of sp³-hybridized carbons (Fsp3) is 0.391. The van der Waals surface area contributed by atoms with Crippen LogP contribution in [-0.4, -0.2) is 18.4 Å². The molecule has 4 nitrogen and oxygen atoms in total. The minimum atomic E-state index is -0.302. The maximum absolute atomic E-state index is 13.2. The maximum Gasteiger partial charge on any atom is 0.251 e. The first kappa shape index (κ1) is 21.6. The summed E-state index contributed by atoms with van der Waals surface area (Å²) in [5.74, 6) is -0.636. The van der Waals surface area contributed by atoms with Crippen molar-refractivity contribution < 1.29 is 14.0 Å². The van der Waals surface area contributed by atoms with Gasteiger partial charge in [-0.25, -0.2) is 4.39 Å². The molecule has 0 bridgehead atoms. The zero-order valence-electron chi connectivity index (χ0n) is 17.0. The van der Waals surface area contributed by atoms with E-state index in [1.54, 1.807) is 18.2 Å². The minimum absolute atomic E-state index is 0.00855. The van der Waals surface area contributed by atoms with E-state index in [1.807, 2.05) is 25.1 Å². The van der Waals surface area contributed by atoms with E-state index in [0.717, 1.165) is 17.5 Å². The van der Waals surface area contributed by atoms with Crippen LogP contribution in [0.15, 0.2) is 48.5 Å².